The molecule has 14 heavy (non-hydrogen) atoms. The van der Waals surface area contributed by atoms with Crippen molar-refractivity contribution in [3.63, 3.8) is 0 Å². The quantitative estimate of drug-likeness (QED) is 0.523. The number of carbonyl (C=O) groups is 1. The Balaban J connectivity index is 4.24. The van der Waals surface area contributed by atoms with Crippen molar-refractivity contribution >= 4 is 5.97 Å². The standard InChI is InChI=1S/C11H21NO2/c1-6-9(4)12-10(7-8(2)3)11(13)14-5/h6,8-10,12H,1,7H2,2-5H3. The van der Waals surface area contributed by atoms with E-state index in [1.54, 1.807) is 6.08 Å². The minimum Gasteiger partial charge on any atom is -0.468 e. The molecule has 0 aliphatic heterocycles. The molecule has 0 aromatic rings. The van der Waals surface area contributed by atoms with Crippen LogP contribution in [0, 0.1) is 5.92 Å². The fourth-order valence-electron chi connectivity index (χ4n) is 1.23. The van der Waals surface area contributed by atoms with Crippen LogP contribution in [0.3, 0.4) is 0 Å². The molecule has 0 bridgehead atoms. The zero-order valence-electron chi connectivity index (χ0n) is 9.54. The Morgan fingerprint density at radius 1 is 1.50 bits per heavy atom. The molecule has 0 fully saturated rings. The maximum absolute atomic E-state index is 11.4. The number of hydrogen-bond donors (Lipinski definition) is 1. The zero-order valence-corrected chi connectivity index (χ0v) is 9.54. The van der Waals surface area contributed by atoms with Crippen LogP contribution in [0.5, 0.6) is 0 Å². The van der Waals surface area contributed by atoms with Gasteiger partial charge >= 0.3 is 5.97 Å². The van der Waals surface area contributed by atoms with Gasteiger partial charge in [0.15, 0.2) is 0 Å². The van der Waals surface area contributed by atoms with Crippen LogP contribution in [0.15, 0.2) is 12.7 Å². The Morgan fingerprint density at radius 2 is 2.07 bits per heavy atom. The molecular weight excluding hydrogens is 178 g/mol. The van der Waals surface area contributed by atoms with Crippen LogP contribution in [0.25, 0.3) is 0 Å². The average Bonchev–Trinajstić information content (AvgIpc) is 2.14. The first kappa shape index (κ1) is 13.2. The highest BCUT2D eigenvalue weighted by molar-refractivity contribution is 5.75. The van der Waals surface area contributed by atoms with Crippen LogP contribution in [0.2, 0.25) is 0 Å². The van der Waals surface area contributed by atoms with Gasteiger partial charge in [-0.2, -0.15) is 0 Å². The third kappa shape index (κ3) is 5.02. The number of nitrogens with one attached hydrogen (secondary N) is 1. The maximum Gasteiger partial charge on any atom is 0.322 e. The Hall–Kier alpha value is -0.830. The average molecular weight is 199 g/mol. The summed E-state index contributed by atoms with van der Waals surface area (Å²) >= 11 is 0. The van der Waals surface area contributed by atoms with Gasteiger partial charge in [-0.25, -0.2) is 0 Å². The summed E-state index contributed by atoms with van der Waals surface area (Å²) in [5, 5.41) is 3.16. The molecule has 0 radical (unpaired) electrons. The minimum absolute atomic E-state index is 0.123. The van der Waals surface area contributed by atoms with Crippen molar-refractivity contribution in [3.8, 4) is 0 Å². The summed E-state index contributed by atoms with van der Waals surface area (Å²) in [5.41, 5.74) is 0. The number of methoxy groups -OCH3 is 1. The molecule has 0 saturated carbocycles. The van der Waals surface area contributed by atoms with Crippen LogP contribution < -0.4 is 5.32 Å². The predicted octanol–water partition coefficient (Wildman–Crippen LogP) is 1.74. The van der Waals surface area contributed by atoms with E-state index in [1.807, 2.05) is 6.92 Å². The van der Waals surface area contributed by atoms with E-state index in [1.165, 1.54) is 7.11 Å². The first-order valence-corrected chi connectivity index (χ1v) is 4.97. The molecule has 0 aliphatic rings. The van der Waals surface area contributed by atoms with Crippen molar-refractivity contribution in [3.05, 3.63) is 12.7 Å². The molecule has 0 rings (SSSR count). The molecule has 3 heteroatoms. The Kier molecular flexibility index (Phi) is 6.21. The molecule has 1 N–H and O–H groups in total. The van der Waals surface area contributed by atoms with Crippen molar-refractivity contribution in [2.24, 2.45) is 5.92 Å². The van der Waals surface area contributed by atoms with Gasteiger partial charge < -0.3 is 4.74 Å². The topological polar surface area (TPSA) is 38.3 Å². The van der Waals surface area contributed by atoms with E-state index >= 15 is 0 Å². The lowest BCUT2D eigenvalue weighted by Gasteiger charge is -2.20. The molecule has 0 saturated heterocycles. The van der Waals surface area contributed by atoms with Crippen molar-refractivity contribution in [2.45, 2.75) is 39.3 Å². The minimum atomic E-state index is -0.229. The van der Waals surface area contributed by atoms with Gasteiger partial charge in [-0.05, 0) is 19.3 Å². The summed E-state index contributed by atoms with van der Waals surface area (Å²) in [6.45, 7) is 9.78. The largest absolute Gasteiger partial charge is 0.468 e. The van der Waals surface area contributed by atoms with Gasteiger partial charge in [0, 0.05) is 6.04 Å². The molecule has 2 unspecified atom stereocenters. The summed E-state index contributed by atoms with van der Waals surface area (Å²) in [4.78, 5) is 11.4. The third-order valence-electron chi connectivity index (χ3n) is 2.01. The summed E-state index contributed by atoms with van der Waals surface area (Å²) in [6, 6.07) is -0.106. The number of carbonyl (C=O) groups excluding carboxylic acids is 1. The molecular formula is C11H21NO2. The van der Waals surface area contributed by atoms with Gasteiger partial charge in [-0.1, -0.05) is 19.9 Å². The molecule has 0 aromatic carbocycles. The van der Waals surface area contributed by atoms with Crippen LogP contribution in [-0.4, -0.2) is 25.2 Å². The van der Waals surface area contributed by atoms with Crippen molar-refractivity contribution in [1.82, 2.24) is 5.32 Å². The van der Waals surface area contributed by atoms with Gasteiger partial charge in [0.2, 0.25) is 0 Å². The van der Waals surface area contributed by atoms with Crippen LogP contribution in [0.4, 0.5) is 0 Å². The van der Waals surface area contributed by atoms with E-state index in [0.29, 0.717) is 5.92 Å². The number of esters is 1. The predicted molar refractivity (Wildman–Crippen MR) is 58.1 cm³/mol. The molecule has 0 aromatic heterocycles. The molecule has 0 aliphatic carbocycles. The second kappa shape index (κ2) is 6.60. The highest BCUT2D eigenvalue weighted by atomic mass is 16.5. The van der Waals surface area contributed by atoms with E-state index < -0.39 is 0 Å². The molecule has 3 nitrogen and oxygen atoms in total. The highest BCUT2D eigenvalue weighted by Gasteiger charge is 2.20. The lowest BCUT2D eigenvalue weighted by molar-refractivity contribution is -0.143. The Morgan fingerprint density at radius 3 is 2.43 bits per heavy atom. The second-order valence-electron chi connectivity index (χ2n) is 3.90. The fraction of sp³-hybridized carbons (Fsp3) is 0.727. The second-order valence-corrected chi connectivity index (χ2v) is 3.90. The van der Waals surface area contributed by atoms with Gasteiger partial charge in [0.1, 0.15) is 6.04 Å². The maximum atomic E-state index is 11.4. The molecule has 0 spiro atoms. The first-order valence-electron chi connectivity index (χ1n) is 4.97. The summed E-state index contributed by atoms with van der Waals surface area (Å²) < 4.78 is 4.72. The molecule has 0 heterocycles. The van der Waals surface area contributed by atoms with Crippen molar-refractivity contribution in [2.75, 3.05) is 7.11 Å². The van der Waals surface area contributed by atoms with E-state index in [4.69, 9.17) is 4.74 Å². The fourth-order valence-corrected chi connectivity index (χ4v) is 1.23. The van der Waals surface area contributed by atoms with Gasteiger partial charge in [-0.3, -0.25) is 10.1 Å². The Bertz CT molecular complexity index is 190. The van der Waals surface area contributed by atoms with Crippen molar-refractivity contribution in [1.29, 1.82) is 0 Å². The van der Waals surface area contributed by atoms with Crippen LogP contribution in [-0.2, 0) is 9.53 Å². The first-order chi connectivity index (χ1) is 6.51. The van der Waals surface area contributed by atoms with E-state index in [-0.39, 0.29) is 18.1 Å². The van der Waals surface area contributed by atoms with Gasteiger partial charge in [0.05, 0.1) is 7.11 Å². The van der Waals surface area contributed by atoms with Crippen LogP contribution >= 0.6 is 0 Å². The van der Waals surface area contributed by atoms with Crippen molar-refractivity contribution < 1.29 is 9.53 Å². The van der Waals surface area contributed by atoms with E-state index in [2.05, 4.69) is 25.7 Å². The number of ether oxygens (including phenoxy) is 1. The molecule has 0 amide bonds. The lowest BCUT2D eigenvalue weighted by atomic mass is 10.0. The third-order valence-corrected chi connectivity index (χ3v) is 2.01. The van der Waals surface area contributed by atoms with Gasteiger partial charge in [0.25, 0.3) is 0 Å². The zero-order chi connectivity index (χ0) is 11.1. The summed E-state index contributed by atoms with van der Waals surface area (Å²) in [7, 11) is 1.41. The van der Waals surface area contributed by atoms with Crippen LogP contribution in [0.1, 0.15) is 27.2 Å². The van der Waals surface area contributed by atoms with E-state index in [9.17, 15) is 4.79 Å². The normalized spacial score (nSPS) is 14.9. The van der Waals surface area contributed by atoms with Gasteiger partial charge in [-0.15, -0.1) is 6.58 Å². The smallest absolute Gasteiger partial charge is 0.322 e. The Labute approximate surface area is 86.5 Å². The highest BCUT2D eigenvalue weighted by Crippen LogP contribution is 2.07. The van der Waals surface area contributed by atoms with E-state index in [0.717, 1.165) is 6.42 Å². The number of hydrogen-bond acceptors (Lipinski definition) is 3. The SMILES string of the molecule is C=CC(C)NC(CC(C)C)C(=O)OC. The summed E-state index contributed by atoms with van der Waals surface area (Å²) in [6.07, 6.45) is 2.56. The lowest BCUT2D eigenvalue weighted by Crippen LogP contribution is -2.42. The summed E-state index contributed by atoms with van der Waals surface area (Å²) in [5.74, 6) is 0.260. The molecule has 82 valence electrons. The molecule has 2 atom stereocenters. The number of rotatable bonds is 6. The monoisotopic (exact) mass is 199 g/mol.